The fourth-order valence-corrected chi connectivity index (χ4v) is 7.65. The number of morpholine rings is 1. The van der Waals surface area contributed by atoms with Crippen molar-refractivity contribution in [2.75, 3.05) is 31.6 Å². The molecule has 9 nitrogen and oxygen atoms in total. The van der Waals surface area contributed by atoms with Crippen LogP contribution in [0.15, 0.2) is 29.2 Å². The number of fused-ring (bicyclic) bond motifs is 1. The normalized spacial score (nSPS) is 21.0. The first-order valence-electron chi connectivity index (χ1n) is 12.6. The first-order chi connectivity index (χ1) is 17.5. The third-order valence-electron chi connectivity index (χ3n) is 6.66. The number of ether oxygens (including phenoxy) is 2. The molecule has 1 fully saturated rings. The number of sulfonamides is 1. The van der Waals surface area contributed by atoms with Gasteiger partial charge in [-0.15, -0.1) is 11.3 Å². The molecule has 2 aromatic rings. The molecule has 3 heterocycles. The molecule has 2 aliphatic rings. The second kappa shape index (κ2) is 11.2. The summed E-state index contributed by atoms with van der Waals surface area (Å²) < 4.78 is 38.6. The number of rotatable bonds is 7. The van der Waals surface area contributed by atoms with Crippen LogP contribution in [0.25, 0.3) is 0 Å². The Morgan fingerprint density at radius 2 is 1.81 bits per heavy atom. The molecule has 2 aliphatic heterocycles. The van der Waals surface area contributed by atoms with Crippen LogP contribution in [0.1, 0.15) is 65.8 Å². The van der Waals surface area contributed by atoms with E-state index in [-0.39, 0.29) is 36.8 Å². The molecule has 37 heavy (non-hydrogen) atoms. The Hall–Kier alpha value is -2.31. The monoisotopic (exact) mass is 549 g/mol. The zero-order valence-electron chi connectivity index (χ0n) is 21.9. The van der Waals surface area contributed by atoms with Crippen molar-refractivity contribution in [2.45, 2.75) is 70.7 Å². The van der Waals surface area contributed by atoms with E-state index in [0.717, 1.165) is 17.0 Å². The number of hydrogen-bond donors (Lipinski definition) is 1. The summed E-state index contributed by atoms with van der Waals surface area (Å²) in [7, 11) is -3.71. The Kier molecular flexibility index (Phi) is 8.39. The van der Waals surface area contributed by atoms with Gasteiger partial charge in [0.05, 0.1) is 29.3 Å². The maximum atomic E-state index is 13.1. The van der Waals surface area contributed by atoms with Crippen molar-refractivity contribution >= 4 is 38.2 Å². The van der Waals surface area contributed by atoms with E-state index in [0.29, 0.717) is 35.1 Å². The molecule has 0 spiro atoms. The summed E-state index contributed by atoms with van der Waals surface area (Å²) >= 11 is 1.40. The molecule has 1 N–H and O–H groups in total. The van der Waals surface area contributed by atoms with Gasteiger partial charge in [-0.25, -0.2) is 13.2 Å². The quantitative estimate of drug-likeness (QED) is 0.525. The van der Waals surface area contributed by atoms with Crippen LogP contribution < -0.4 is 5.32 Å². The van der Waals surface area contributed by atoms with E-state index in [1.54, 1.807) is 6.92 Å². The first-order valence-corrected chi connectivity index (χ1v) is 14.9. The molecule has 2 atom stereocenters. The standard InChI is InChI=1S/C26H35N3O6S2/c1-6-34-26(31)23-21-11-12-28(16(2)3)15-22(21)36-25(23)27-24(30)19-7-9-20(10-8-19)37(32,33)29-13-17(4)35-18(5)14-29/h7-10,16-18H,6,11-15H2,1-5H3,(H,27,30)/t17-,18-/m0/s1. The lowest BCUT2D eigenvalue weighted by Crippen LogP contribution is -2.48. The highest BCUT2D eigenvalue weighted by Crippen LogP contribution is 2.38. The smallest absolute Gasteiger partial charge is 0.341 e. The van der Waals surface area contributed by atoms with Crippen LogP contribution >= 0.6 is 11.3 Å². The number of esters is 1. The summed E-state index contributed by atoms with van der Waals surface area (Å²) in [6.07, 6.45) is 0.321. The van der Waals surface area contributed by atoms with E-state index in [4.69, 9.17) is 9.47 Å². The largest absolute Gasteiger partial charge is 0.462 e. The first kappa shape index (κ1) is 27.7. The molecule has 1 aromatic heterocycles. The molecule has 1 amide bonds. The average Bonchev–Trinajstić information content (AvgIpc) is 3.20. The lowest BCUT2D eigenvalue weighted by Gasteiger charge is -2.34. The summed E-state index contributed by atoms with van der Waals surface area (Å²) in [6.45, 7) is 12.1. The van der Waals surface area contributed by atoms with Crippen molar-refractivity contribution in [3.63, 3.8) is 0 Å². The number of nitrogens with zero attached hydrogens (tertiary/aromatic N) is 2. The highest BCUT2D eigenvalue weighted by Gasteiger charge is 2.33. The second-order valence-electron chi connectivity index (χ2n) is 9.80. The number of carbonyl (C=O) groups is 2. The van der Waals surface area contributed by atoms with Crippen LogP contribution in [0, 0.1) is 0 Å². The second-order valence-corrected chi connectivity index (χ2v) is 12.8. The van der Waals surface area contributed by atoms with Gasteiger partial charge in [0.25, 0.3) is 5.91 Å². The highest BCUT2D eigenvalue weighted by molar-refractivity contribution is 7.89. The van der Waals surface area contributed by atoms with Gasteiger partial charge in [0.1, 0.15) is 5.00 Å². The van der Waals surface area contributed by atoms with Crippen LogP contribution in [0.3, 0.4) is 0 Å². The average molecular weight is 550 g/mol. The van der Waals surface area contributed by atoms with Crippen molar-refractivity contribution in [1.82, 2.24) is 9.21 Å². The van der Waals surface area contributed by atoms with Crippen molar-refractivity contribution in [1.29, 1.82) is 0 Å². The van der Waals surface area contributed by atoms with Crippen molar-refractivity contribution in [2.24, 2.45) is 0 Å². The van der Waals surface area contributed by atoms with Gasteiger partial charge >= 0.3 is 5.97 Å². The molecule has 0 radical (unpaired) electrons. The van der Waals surface area contributed by atoms with Crippen LogP contribution in [0.4, 0.5) is 5.00 Å². The molecule has 11 heteroatoms. The molecule has 0 aliphatic carbocycles. The molecule has 1 aromatic carbocycles. The van der Waals surface area contributed by atoms with Gasteiger partial charge in [-0.1, -0.05) is 0 Å². The number of benzene rings is 1. The Bertz CT molecular complexity index is 1250. The van der Waals surface area contributed by atoms with E-state index in [2.05, 4.69) is 24.1 Å². The van der Waals surface area contributed by atoms with Gasteiger partial charge in [-0.3, -0.25) is 9.69 Å². The van der Waals surface area contributed by atoms with Crippen molar-refractivity contribution < 1.29 is 27.5 Å². The van der Waals surface area contributed by atoms with Gasteiger partial charge in [-0.2, -0.15) is 4.31 Å². The number of thiophene rings is 1. The molecular weight excluding hydrogens is 514 g/mol. The molecular formula is C26H35N3O6S2. The van der Waals surface area contributed by atoms with Gasteiger partial charge < -0.3 is 14.8 Å². The maximum Gasteiger partial charge on any atom is 0.341 e. The number of anilines is 1. The van der Waals surface area contributed by atoms with E-state index < -0.39 is 21.9 Å². The number of hydrogen-bond acceptors (Lipinski definition) is 8. The summed E-state index contributed by atoms with van der Waals surface area (Å²) in [5.41, 5.74) is 1.66. The number of carbonyl (C=O) groups excluding carboxylic acids is 2. The van der Waals surface area contributed by atoms with E-state index in [1.165, 1.54) is 39.9 Å². The lowest BCUT2D eigenvalue weighted by molar-refractivity contribution is -0.0440. The Balaban J connectivity index is 1.55. The summed E-state index contributed by atoms with van der Waals surface area (Å²) in [6, 6.07) is 6.25. The predicted molar refractivity (Wildman–Crippen MR) is 143 cm³/mol. The third-order valence-corrected chi connectivity index (χ3v) is 9.64. The van der Waals surface area contributed by atoms with E-state index in [1.807, 2.05) is 13.8 Å². The minimum atomic E-state index is -3.71. The van der Waals surface area contributed by atoms with Gasteiger partial charge in [0.15, 0.2) is 0 Å². The summed E-state index contributed by atoms with van der Waals surface area (Å²) in [4.78, 5) is 29.5. The van der Waals surface area contributed by atoms with Gasteiger partial charge in [-0.05, 0) is 70.9 Å². The number of nitrogens with one attached hydrogen (secondary N) is 1. The zero-order valence-corrected chi connectivity index (χ0v) is 23.6. The summed E-state index contributed by atoms with van der Waals surface area (Å²) in [5.74, 6) is -0.855. The topological polar surface area (TPSA) is 105 Å². The third kappa shape index (κ3) is 5.91. The fourth-order valence-electron chi connectivity index (χ4n) is 4.80. The predicted octanol–water partition coefficient (Wildman–Crippen LogP) is 3.74. The molecule has 1 saturated heterocycles. The highest BCUT2D eigenvalue weighted by atomic mass is 32.2. The molecule has 0 saturated carbocycles. The van der Waals surface area contributed by atoms with Crippen LogP contribution in [0.5, 0.6) is 0 Å². The minimum absolute atomic E-state index is 0.123. The molecule has 202 valence electrons. The Morgan fingerprint density at radius 1 is 1.16 bits per heavy atom. The van der Waals surface area contributed by atoms with E-state index >= 15 is 0 Å². The lowest BCUT2D eigenvalue weighted by atomic mass is 10.0. The SMILES string of the molecule is CCOC(=O)c1c(NC(=O)c2ccc(S(=O)(=O)N3C[C@H](C)O[C@@H](C)C3)cc2)sc2c1CCN(C(C)C)C2. The Labute approximate surface area is 222 Å². The molecule has 4 rings (SSSR count). The van der Waals surface area contributed by atoms with E-state index in [9.17, 15) is 18.0 Å². The van der Waals surface area contributed by atoms with Gasteiger partial charge in [0, 0.05) is 42.7 Å². The Morgan fingerprint density at radius 3 is 2.41 bits per heavy atom. The number of amides is 1. The van der Waals surface area contributed by atoms with Crippen LogP contribution in [-0.4, -0.2) is 74.0 Å². The molecule has 0 bridgehead atoms. The summed E-state index contributed by atoms with van der Waals surface area (Å²) in [5, 5.41) is 3.35. The van der Waals surface area contributed by atoms with Crippen molar-refractivity contribution in [3.8, 4) is 0 Å². The maximum absolute atomic E-state index is 13.1. The minimum Gasteiger partial charge on any atom is -0.462 e. The molecule has 0 unspecified atom stereocenters. The van der Waals surface area contributed by atoms with Gasteiger partial charge in [0.2, 0.25) is 10.0 Å². The zero-order chi connectivity index (χ0) is 26.9. The van der Waals surface area contributed by atoms with Crippen LogP contribution in [-0.2, 0) is 32.5 Å². The van der Waals surface area contributed by atoms with Crippen molar-refractivity contribution in [3.05, 3.63) is 45.8 Å². The fraction of sp³-hybridized carbons (Fsp3) is 0.538. The van der Waals surface area contributed by atoms with Crippen LogP contribution in [0.2, 0.25) is 0 Å².